The van der Waals surface area contributed by atoms with Gasteiger partial charge in [-0.15, -0.1) is 0 Å². The van der Waals surface area contributed by atoms with Gasteiger partial charge in [0.1, 0.15) is 11.2 Å². The van der Waals surface area contributed by atoms with E-state index < -0.39 is 22.2 Å². The fourth-order valence-corrected chi connectivity index (χ4v) is 14.0. The van der Waals surface area contributed by atoms with Crippen LogP contribution < -0.4 is 0 Å². The van der Waals surface area contributed by atoms with E-state index in [1.54, 1.807) is 0 Å². The summed E-state index contributed by atoms with van der Waals surface area (Å²) in [5.74, 6) is 0.801. The molecule has 0 aromatic heterocycles. The molecule has 4 fully saturated rings. The Morgan fingerprint density at radius 3 is 1.45 bits per heavy atom. The number of esters is 1. The summed E-state index contributed by atoms with van der Waals surface area (Å²) in [5.41, 5.74) is 2.73. The second kappa shape index (κ2) is 17.8. The van der Waals surface area contributed by atoms with Crippen molar-refractivity contribution in [2.45, 2.75) is 94.5 Å². The van der Waals surface area contributed by atoms with Gasteiger partial charge in [0.05, 0.1) is 30.8 Å². The first-order valence-electron chi connectivity index (χ1n) is 24.3. The van der Waals surface area contributed by atoms with Crippen LogP contribution in [0.3, 0.4) is 0 Å². The maximum atomic E-state index is 14.0. The van der Waals surface area contributed by atoms with E-state index in [2.05, 4.69) is 189 Å². The number of carbonyl (C=O) groups excluding carboxylic acids is 1. The lowest BCUT2D eigenvalue weighted by molar-refractivity contribution is -0.262. The molecule has 6 aromatic carbocycles. The van der Waals surface area contributed by atoms with Crippen molar-refractivity contribution in [1.82, 2.24) is 0 Å². The summed E-state index contributed by atoms with van der Waals surface area (Å²) in [5, 5.41) is 14.0. The Balaban J connectivity index is 1.09. The number of fused-ring (bicyclic) bond motifs is 5. The van der Waals surface area contributed by atoms with Crippen molar-refractivity contribution in [3.63, 3.8) is 0 Å². The van der Waals surface area contributed by atoms with Crippen molar-refractivity contribution in [2.24, 2.45) is 34.5 Å². The Morgan fingerprint density at radius 1 is 0.554 bits per heavy atom. The van der Waals surface area contributed by atoms with Crippen molar-refractivity contribution in [3.05, 3.63) is 215 Å². The molecule has 10 rings (SSSR count). The molecule has 0 radical (unpaired) electrons. The van der Waals surface area contributed by atoms with E-state index >= 15 is 0 Å². The second-order valence-electron chi connectivity index (χ2n) is 19.9. The number of hydrogen-bond donors (Lipinski definition) is 1. The zero-order valence-electron chi connectivity index (χ0n) is 38.1. The van der Waals surface area contributed by atoms with Crippen molar-refractivity contribution in [2.75, 3.05) is 13.2 Å². The van der Waals surface area contributed by atoms with Crippen LogP contribution in [0.25, 0.3) is 0 Å². The zero-order chi connectivity index (χ0) is 44.5. The van der Waals surface area contributed by atoms with Gasteiger partial charge in [-0.1, -0.05) is 189 Å². The first-order valence-corrected chi connectivity index (χ1v) is 24.3. The minimum Gasteiger partial charge on any atom is -0.466 e. The van der Waals surface area contributed by atoms with Gasteiger partial charge in [0.2, 0.25) is 0 Å². The van der Waals surface area contributed by atoms with Gasteiger partial charge in [-0.25, -0.2) is 0 Å². The lowest BCUT2D eigenvalue weighted by Gasteiger charge is -2.65. The smallest absolute Gasteiger partial charge is 0.309 e. The van der Waals surface area contributed by atoms with Crippen LogP contribution in [-0.4, -0.2) is 36.0 Å². The quantitative estimate of drug-likeness (QED) is 0.0925. The number of hydrogen-bond acceptors (Lipinski definition) is 5. The first kappa shape index (κ1) is 43.6. The molecule has 5 nitrogen and oxygen atoms in total. The molecular weight excluding hydrogens is 801 g/mol. The fraction of sp³-hybridized carbons (Fsp3) is 0.383. The normalized spacial score (nSPS) is 28.6. The molecule has 0 bridgehead atoms. The van der Waals surface area contributed by atoms with Crippen LogP contribution in [0.15, 0.2) is 182 Å². The third kappa shape index (κ3) is 7.30. The van der Waals surface area contributed by atoms with E-state index in [1.807, 2.05) is 6.92 Å². The minimum atomic E-state index is -1.09. The maximum Gasteiger partial charge on any atom is 0.309 e. The standard InChI is InChI=1S/C60H64O5/c1-3-63-55(61)54-35-34-52-51-37-41-58(62)42-50(65-60(47-28-16-7-17-29-47,48-30-18-8-19-31-48)49-32-20-9-21-33-49)36-40-57(58,53(51)38-39-56(52,54)2)43-64-59(44-22-10-4-11-23-44,45-24-12-5-13-25-45)46-26-14-6-15-27-46/h4-33,50-54,62H,3,34-43H2,1-2H3/t50-,51-,52-,53-,54+,56-,57+,58-/m1/s1. The maximum absolute atomic E-state index is 14.0. The topological polar surface area (TPSA) is 65.0 Å². The predicted molar refractivity (Wildman–Crippen MR) is 257 cm³/mol. The number of benzene rings is 6. The van der Waals surface area contributed by atoms with Crippen molar-refractivity contribution in [3.8, 4) is 0 Å². The number of carbonyl (C=O) groups is 1. The summed E-state index contributed by atoms with van der Waals surface area (Å²) in [4.78, 5) is 13.6. The zero-order valence-corrected chi connectivity index (χ0v) is 38.1. The Kier molecular flexibility index (Phi) is 11.9. The Bertz CT molecular complexity index is 2300. The molecule has 0 heterocycles. The van der Waals surface area contributed by atoms with Gasteiger partial charge in [0.25, 0.3) is 0 Å². The number of ether oxygens (including phenoxy) is 3. The molecule has 0 unspecified atom stereocenters. The van der Waals surface area contributed by atoms with Crippen molar-refractivity contribution < 1.29 is 24.1 Å². The lowest BCUT2D eigenvalue weighted by Crippen LogP contribution is -2.66. The SMILES string of the molecule is CCOC(=O)[C@@H]1CC[C@@H]2[C@H]3CC[C@@]4(O)C[C@H](OC(c5ccccc5)(c5ccccc5)c5ccccc5)CC[C@]4(COC(c4ccccc4)(c4ccccc4)c4ccccc4)[C@@H]3CC[C@]21C. The van der Waals surface area contributed by atoms with E-state index in [0.29, 0.717) is 37.9 Å². The summed E-state index contributed by atoms with van der Waals surface area (Å²) in [7, 11) is 0. The first-order chi connectivity index (χ1) is 31.8. The lowest BCUT2D eigenvalue weighted by atomic mass is 9.42. The molecule has 0 saturated heterocycles. The van der Waals surface area contributed by atoms with E-state index in [1.165, 1.54) is 0 Å². The molecule has 65 heavy (non-hydrogen) atoms. The van der Waals surface area contributed by atoms with Gasteiger partial charge in [0, 0.05) is 11.8 Å². The van der Waals surface area contributed by atoms with Crippen molar-refractivity contribution >= 4 is 5.97 Å². The summed E-state index contributed by atoms with van der Waals surface area (Å²) < 4.78 is 21.4. The van der Waals surface area contributed by atoms with Gasteiger partial charge in [-0.05, 0) is 115 Å². The van der Waals surface area contributed by atoms with Gasteiger partial charge in [-0.2, -0.15) is 0 Å². The second-order valence-corrected chi connectivity index (χ2v) is 19.9. The Morgan fingerprint density at radius 2 is 1.00 bits per heavy atom. The molecule has 6 aromatic rings. The summed E-state index contributed by atoms with van der Waals surface area (Å²) in [6, 6.07) is 63.9. The molecule has 4 aliphatic carbocycles. The molecule has 0 aliphatic heterocycles. The average molecular weight is 865 g/mol. The molecule has 0 amide bonds. The van der Waals surface area contributed by atoms with E-state index in [-0.39, 0.29) is 29.3 Å². The molecule has 4 aliphatic rings. The van der Waals surface area contributed by atoms with Crippen LogP contribution in [0.5, 0.6) is 0 Å². The average Bonchev–Trinajstić information content (AvgIpc) is 3.72. The highest BCUT2D eigenvalue weighted by molar-refractivity contribution is 5.74. The molecule has 334 valence electrons. The largest absolute Gasteiger partial charge is 0.466 e. The Labute approximate surface area is 386 Å². The van der Waals surface area contributed by atoms with Crippen LogP contribution in [0.2, 0.25) is 0 Å². The molecule has 0 spiro atoms. The summed E-state index contributed by atoms with van der Waals surface area (Å²) in [6.07, 6.45) is 7.07. The Hall–Kier alpha value is -5.33. The number of rotatable bonds is 13. The molecule has 8 atom stereocenters. The van der Waals surface area contributed by atoms with E-state index in [0.717, 1.165) is 78.3 Å². The van der Waals surface area contributed by atoms with Crippen molar-refractivity contribution in [1.29, 1.82) is 0 Å². The fourth-order valence-electron chi connectivity index (χ4n) is 14.0. The van der Waals surface area contributed by atoms with Gasteiger partial charge < -0.3 is 19.3 Å². The summed E-state index contributed by atoms with van der Waals surface area (Å²) in [6.45, 7) is 5.07. The highest BCUT2D eigenvalue weighted by Crippen LogP contribution is 2.69. The predicted octanol–water partition coefficient (Wildman–Crippen LogP) is 12.7. The molecule has 4 saturated carbocycles. The third-order valence-electron chi connectivity index (χ3n) is 17.0. The van der Waals surface area contributed by atoms with Crippen LogP contribution in [-0.2, 0) is 30.2 Å². The van der Waals surface area contributed by atoms with Gasteiger partial charge in [0.15, 0.2) is 0 Å². The van der Waals surface area contributed by atoms with Crippen LogP contribution in [0.4, 0.5) is 0 Å². The molecule has 5 heteroatoms. The summed E-state index contributed by atoms with van der Waals surface area (Å²) >= 11 is 0. The van der Waals surface area contributed by atoms with Gasteiger partial charge in [-0.3, -0.25) is 4.79 Å². The van der Waals surface area contributed by atoms with E-state index in [9.17, 15) is 9.90 Å². The third-order valence-corrected chi connectivity index (χ3v) is 17.0. The highest BCUT2D eigenvalue weighted by Gasteiger charge is 2.68. The molecule has 1 N–H and O–H groups in total. The van der Waals surface area contributed by atoms with Gasteiger partial charge >= 0.3 is 5.97 Å². The van der Waals surface area contributed by atoms with Crippen LogP contribution in [0.1, 0.15) is 105 Å². The highest BCUT2D eigenvalue weighted by atomic mass is 16.5. The van der Waals surface area contributed by atoms with E-state index in [4.69, 9.17) is 14.2 Å². The molecular formula is C60H64O5. The minimum absolute atomic E-state index is 0.0314. The van der Waals surface area contributed by atoms with Crippen LogP contribution >= 0.6 is 0 Å². The number of aliphatic hydroxyl groups is 1. The monoisotopic (exact) mass is 864 g/mol. The van der Waals surface area contributed by atoms with Crippen LogP contribution in [0, 0.1) is 34.5 Å².